The molecule has 0 spiro atoms. The molecule has 2 aromatic carbocycles. The molecule has 0 heterocycles. The molecule has 6 nitrogen and oxygen atoms in total. The molecule has 2 aromatic rings. The zero-order valence-electron chi connectivity index (χ0n) is 14.3. The van der Waals surface area contributed by atoms with E-state index in [1.807, 2.05) is 0 Å². The smallest absolute Gasteiger partial charge is 0.343 e. The first-order chi connectivity index (χ1) is 13.1. The summed E-state index contributed by atoms with van der Waals surface area (Å²) in [5.74, 6) is -1.91. The number of hydrogen-bond acceptors (Lipinski definition) is 3. The van der Waals surface area contributed by atoms with Crippen molar-refractivity contribution >= 4 is 29.3 Å². The standard InChI is InChI=1S/C18H15ClF3N3O3/c19-14-7-1-11(2-8-14)9-15(26)24-25-16(27)10-23-17(28)12-3-5-13(6-4-12)18(20,21)22/h1-8H,9-10H2,(H,23,28)(H,24,26)(H,25,27). The molecule has 10 heteroatoms. The van der Waals surface area contributed by atoms with Gasteiger partial charge in [0.2, 0.25) is 5.91 Å². The third kappa shape index (κ3) is 6.58. The summed E-state index contributed by atoms with van der Waals surface area (Å²) in [5.41, 5.74) is 4.08. The predicted octanol–water partition coefficient (Wildman–Crippen LogP) is 2.48. The average molecular weight is 414 g/mol. The number of hydrogen-bond donors (Lipinski definition) is 3. The van der Waals surface area contributed by atoms with Crippen LogP contribution in [0.4, 0.5) is 13.2 Å². The topological polar surface area (TPSA) is 87.3 Å². The highest BCUT2D eigenvalue weighted by Crippen LogP contribution is 2.29. The monoisotopic (exact) mass is 413 g/mol. The Bertz CT molecular complexity index is 853. The Balaban J connectivity index is 1.74. The second-order valence-electron chi connectivity index (χ2n) is 5.66. The molecule has 0 saturated heterocycles. The first-order valence-corrected chi connectivity index (χ1v) is 8.30. The van der Waals surface area contributed by atoms with Crippen molar-refractivity contribution in [1.82, 2.24) is 16.2 Å². The van der Waals surface area contributed by atoms with Crippen LogP contribution in [0, 0.1) is 0 Å². The van der Waals surface area contributed by atoms with Crippen molar-refractivity contribution in [2.45, 2.75) is 12.6 Å². The molecule has 0 radical (unpaired) electrons. The Kier molecular flexibility index (Phi) is 7.00. The van der Waals surface area contributed by atoms with Crippen molar-refractivity contribution in [3.8, 4) is 0 Å². The summed E-state index contributed by atoms with van der Waals surface area (Å²) in [6.45, 7) is -0.471. The van der Waals surface area contributed by atoms with Crippen LogP contribution in [0.5, 0.6) is 0 Å². The van der Waals surface area contributed by atoms with Gasteiger partial charge in [0.05, 0.1) is 18.5 Å². The number of nitrogens with one attached hydrogen (secondary N) is 3. The van der Waals surface area contributed by atoms with Crippen molar-refractivity contribution in [3.63, 3.8) is 0 Å². The van der Waals surface area contributed by atoms with Crippen LogP contribution in [-0.2, 0) is 22.2 Å². The molecule has 2 rings (SSSR count). The van der Waals surface area contributed by atoms with Gasteiger partial charge < -0.3 is 5.32 Å². The zero-order valence-corrected chi connectivity index (χ0v) is 15.0. The van der Waals surface area contributed by atoms with Crippen LogP contribution in [0.25, 0.3) is 0 Å². The summed E-state index contributed by atoms with van der Waals surface area (Å²) in [7, 11) is 0. The molecule has 0 unspecified atom stereocenters. The van der Waals surface area contributed by atoms with Crippen LogP contribution in [0.3, 0.4) is 0 Å². The summed E-state index contributed by atoms with van der Waals surface area (Å²) in [6, 6.07) is 10.1. The van der Waals surface area contributed by atoms with Crippen molar-refractivity contribution in [2.24, 2.45) is 0 Å². The molecular formula is C18H15ClF3N3O3. The summed E-state index contributed by atoms with van der Waals surface area (Å²) in [6.07, 6.45) is -4.49. The number of carbonyl (C=O) groups is 3. The normalized spacial score (nSPS) is 10.9. The Labute approximate surface area is 163 Å². The van der Waals surface area contributed by atoms with Crippen molar-refractivity contribution in [2.75, 3.05) is 6.54 Å². The molecular weight excluding hydrogens is 399 g/mol. The summed E-state index contributed by atoms with van der Waals surface area (Å²) in [4.78, 5) is 35.2. The maximum absolute atomic E-state index is 12.5. The quantitative estimate of drug-likeness (QED) is 0.658. The van der Waals surface area contributed by atoms with E-state index in [1.54, 1.807) is 24.3 Å². The van der Waals surface area contributed by atoms with E-state index in [0.717, 1.165) is 24.3 Å². The minimum absolute atomic E-state index is 0.00929. The average Bonchev–Trinajstić information content (AvgIpc) is 2.65. The van der Waals surface area contributed by atoms with Gasteiger partial charge >= 0.3 is 6.18 Å². The number of amides is 3. The maximum Gasteiger partial charge on any atom is 0.416 e. The van der Waals surface area contributed by atoms with Crippen LogP contribution in [0.2, 0.25) is 5.02 Å². The van der Waals surface area contributed by atoms with Crippen LogP contribution in [0.1, 0.15) is 21.5 Å². The fourth-order valence-electron chi connectivity index (χ4n) is 2.09. The maximum atomic E-state index is 12.5. The Morgan fingerprint density at radius 1 is 0.857 bits per heavy atom. The number of halogens is 4. The number of carbonyl (C=O) groups excluding carboxylic acids is 3. The minimum atomic E-state index is -4.50. The Hall–Kier alpha value is -3.07. The van der Waals surface area contributed by atoms with Gasteiger partial charge in [-0.05, 0) is 42.0 Å². The highest BCUT2D eigenvalue weighted by molar-refractivity contribution is 6.30. The van der Waals surface area contributed by atoms with E-state index in [9.17, 15) is 27.6 Å². The molecule has 0 saturated carbocycles. The van der Waals surface area contributed by atoms with Gasteiger partial charge in [0.15, 0.2) is 0 Å². The molecule has 0 atom stereocenters. The molecule has 148 valence electrons. The van der Waals surface area contributed by atoms with E-state index < -0.39 is 36.0 Å². The lowest BCUT2D eigenvalue weighted by atomic mass is 10.1. The summed E-state index contributed by atoms with van der Waals surface area (Å²) >= 11 is 5.74. The molecule has 0 aromatic heterocycles. The molecule has 3 amide bonds. The molecule has 3 N–H and O–H groups in total. The lowest BCUT2D eigenvalue weighted by Crippen LogP contribution is -2.46. The lowest BCUT2D eigenvalue weighted by molar-refractivity contribution is -0.137. The zero-order chi connectivity index (χ0) is 20.7. The van der Waals surface area contributed by atoms with Gasteiger partial charge in [-0.3, -0.25) is 25.2 Å². The number of hydrazine groups is 1. The van der Waals surface area contributed by atoms with Gasteiger partial charge in [-0.25, -0.2) is 0 Å². The fourth-order valence-corrected chi connectivity index (χ4v) is 2.21. The van der Waals surface area contributed by atoms with E-state index in [1.165, 1.54) is 0 Å². The van der Waals surface area contributed by atoms with Crippen molar-refractivity contribution in [3.05, 3.63) is 70.2 Å². The van der Waals surface area contributed by atoms with E-state index in [4.69, 9.17) is 11.6 Å². The van der Waals surface area contributed by atoms with Crippen LogP contribution in [-0.4, -0.2) is 24.3 Å². The van der Waals surface area contributed by atoms with Crippen molar-refractivity contribution < 1.29 is 27.6 Å². The molecule has 0 aliphatic heterocycles. The Morgan fingerprint density at radius 3 is 2.00 bits per heavy atom. The van der Waals surface area contributed by atoms with Crippen molar-refractivity contribution in [1.29, 1.82) is 0 Å². The van der Waals surface area contributed by atoms with Gasteiger partial charge in [0.1, 0.15) is 0 Å². The minimum Gasteiger partial charge on any atom is -0.343 e. The number of alkyl halides is 3. The van der Waals surface area contributed by atoms with Gasteiger partial charge in [0, 0.05) is 10.6 Å². The second kappa shape index (κ2) is 9.23. The van der Waals surface area contributed by atoms with E-state index in [-0.39, 0.29) is 12.0 Å². The molecule has 0 aliphatic rings. The molecule has 0 aliphatic carbocycles. The highest BCUT2D eigenvalue weighted by Gasteiger charge is 2.30. The molecule has 0 fully saturated rings. The Morgan fingerprint density at radius 2 is 1.43 bits per heavy atom. The predicted molar refractivity (Wildman–Crippen MR) is 95.2 cm³/mol. The molecule has 28 heavy (non-hydrogen) atoms. The molecule has 0 bridgehead atoms. The van der Waals surface area contributed by atoms with Crippen LogP contribution >= 0.6 is 11.6 Å². The number of rotatable bonds is 5. The highest BCUT2D eigenvalue weighted by atomic mass is 35.5. The van der Waals surface area contributed by atoms with E-state index >= 15 is 0 Å². The first kappa shape index (κ1) is 21.2. The lowest BCUT2D eigenvalue weighted by Gasteiger charge is -2.10. The summed E-state index contributed by atoms with van der Waals surface area (Å²) in [5, 5.41) is 2.77. The third-order valence-electron chi connectivity index (χ3n) is 3.50. The second-order valence-corrected chi connectivity index (χ2v) is 6.09. The fraction of sp³-hybridized carbons (Fsp3) is 0.167. The third-order valence-corrected chi connectivity index (χ3v) is 3.76. The van der Waals surface area contributed by atoms with Gasteiger partial charge in [-0.15, -0.1) is 0 Å². The van der Waals surface area contributed by atoms with Crippen LogP contribution < -0.4 is 16.2 Å². The van der Waals surface area contributed by atoms with E-state index in [2.05, 4.69) is 16.2 Å². The van der Waals surface area contributed by atoms with Crippen LogP contribution in [0.15, 0.2) is 48.5 Å². The summed E-state index contributed by atoms with van der Waals surface area (Å²) < 4.78 is 37.5. The van der Waals surface area contributed by atoms with Gasteiger partial charge in [-0.2, -0.15) is 13.2 Å². The number of benzene rings is 2. The first-order valence-electron chi connectivity index (χ1n) is 7.93. The largest absolute Gasteiger partial charge is 0.416 e. The van der Waals surface area contributed by atoms with Gasteiger partial charge in [-0.1, -0.05) is 23.7 Å². The van der Waals surface area contributed by atoms with Gasteiger partial charge in [0.25, 0.3) is 11.8 Å². The van der Waals surface area contributed by atoms with E-state index in [0.29, 0.717) is 10.6 Å². The SMILES string of the molecule is O=C(CNC(=O)c1ccc(C(F)(F)F)cc1)NNC(=O)Cc1ccc(Cl)cc1.